The summed E-state index contributed by atoms with van der Waals surface area (Å²) in [4.78, 5) is 19.2. The minimum absolute atomic E-state index is 0.0399. The third-order valence-electron chi connectivity index (χ3n) is 4.26. The van der Waals surface area contributed by atoms with Crippen molar-refractivity contribution in [3.63, 3.8) is 0 Å². The molecule has 1 aromatic rings. The number of hydrogen-bond donors (Lipinski definition) is 2. The number of carbonyl (C=O) groups is 1. The molecule has 2 aliphatic heterocycles. The average Bonchev–Trinajstić information content (AvgIpc) is 3.03. The third-order valence-corrected chi connectivity index (χ3v) is 4.69. The Kier molecular flexibility index (Phi) is 3.94. The molecule has 2 N–H and O–H groups in total. The number of fused-ring (bicyclic) bond motifs is 1. The van der Waals surface area contributed by atoms with Crippen molar-refractivity contribution in [3.8, 4) is 0 Å². The van der Waals surface area contributed by atoms with E-state index in [1.54, 1.807) is 13.2 Å². The Bertz CT molecular complexity index is 522. The van der Waals surface area contributed by atoms with Gasteiger partial charge >= 0.3 is 0 Å². The summed E-state index contributed by atoms with van der Waals surface area (Å²) in [5.74, 6) is 0.578. The monoisotopic (exact) mass is 338 g/mol. The molecule has 20 heavy (non-hydrogen) atoms. The van der Waals surface area contributed by atoms with Gasteiger partial charge in [-0.3, -0.25) is 9.69 Å². The summed E-state index contributed by atoms with van der Waals surface area (Å²) in [6.07, 6.45) is 5.18. The Hall–Kier alpha value is -1.14. The van der Waals surface area contributed by atoms with E-state index in [1.165, 1.54) is 19.4 Å². The average molecular weight is 339 g/mol. The van der Waals surface area contributed by atoms with E-state index >= 15 is 0 Å². The van der Waals surface area contributed by atoms with Crippen molar-refractivity contribution in [2.24, 2.45) is 0 Å². The second-order valence-corrected chi connectivity index (χ2v) is 6.33. The van der Waals surface area contributed by atoms with E-state index in [1.807, 2.05) is 6.07 Å². The maximum Gasteiger partial charge on any atom is 0.255 e. The first kappa shape index (κ1) is 13.8. The Balaban J connectivity index is 1.75. The van der Waals surface area contributed by atoms with Crippen LogP contribution in [0.3, 0.4) is 0 Å². The summed E-state index contributed by atoms with van der Waals surface area (Å²) in [5, 5.41) is 6.16. The van der Waals surface area contributed by atoms with Crippen molar-refractivity contribution in [2.45, 2.75) is 31.3 Å². The van der Waals surface area contributed by atoms with Gasteiger partial charge in [0.15, 0.2) is 0 Å². The molecule has 0 aromatic carbocycles. The van der Waals surface area contributed by atoms with Crippen LogP contribution in [-0.2, 0) is 0 Å². The van der Waals surface area contributed by atoms with Gasteiger partial charge < -0.3 is 10.6 Å². The predicted molar refractivity (Wildman–Crippen MR) is 81.9 cm³/mol. The number of carbonyl (C=O) groups excluding carboxylic acids is 1. The molecule has 1 amide bonds. The van der Waals surface area contributed by atoms with E-state index in [-0.39, 0.29) is 11.9 Å². The molecule has 0 saturated carbocycles. The number of hydrogen-bond acceptors (Lipinski definition) is 4. The van der Waals surface area contributed by atoms with Crippen molar-refractivity contribution < 1.29 is 4.79 Å². The maximum absolute atomic E-state index is 12.5. The Morgan fingerprint density at radius 3 is 3.10 bits per heavy atom. The summed E-state index contributed by atoms with van der Waals surface area (Å²) in [6.45, 7) is 2.28. The molecule has 3 rings (SSSR count). The zero-order valence-electron chi connectivity index (χ0n) is 11.5. The number of nitrogens with zero attached hydrogens (tertiary/aromatic N) is 2. The van der Waals surface area contributed by atoms with Crippen molar-refractivity contribution in [1.82, 2.24) is 15.2 Å². The fourth-order valence-corrected chi connectivity index (χ4v) is 3.64. The van der Waals surface area contributed by atoms with Gasteiger partial charge in [-0.05, 0) is 47.8 Å². The summed E-state index contributed by atoms with van der Waals surface area (Å²) >= 11 is 3.37. The number of amides is 1. The van der Waals surface area contributed by atoms with Gasteiger partial charge in [0.2, 0.25) is 0 Å². The molecule has 3 heterocycles. The molecule has 2 unspecified atom stereocenters. The van der Waals surface area contributed by atoms with E-state index in [0.29, 0.717) is 17.4 Å². The van der Waals surface area contributed by atoms with Gasteiger partial charge in [0.25, 0.3) is 5.91 Å². The first-order chi connectivity index (χ1) is 9.69. The molecule has 1 aromatic heterocycles. The topological polar surface area (TPSA) is 57.3 Å². The first-order valence-electron chi connectivity index (χ1n) is 7.07. The first-order valence-corrected chi connectivity index (χ1v) is 7.86. The van der Waals surface area contributed by atoms with E-state index in [9.17, 15) is 4.79 Å². The number of pyridine rings is 1. The van der Waals surface area contributed by atoms with Gasteiger partial charge in [0, 0.05) is 36.3 Å². The minimum Gasteiger partial charge on any atom is -0.372 e. The molecule has 2 fully saturated rings. The van der Waals surface area contributed by atoms with Crippen LogP contribution in [0.1, 0.15) is 29.6 Å². The molecule has 2 atom stereocenters. The van der Waals surface area contributed by atoms with Crippen molar-refractivity contribution in [1.29, 1.82) is 0 Å². The van der Waals surface area contributed by atoms with Gasteiger partial charge in [-0.15, -0.1) is 0 Å². The van der Waals surface area contributed by atoms with Gasteiger partial charge in [0.05, 0.1) is 5.56 Å². The molecule has 5 nitrogen and oxygen atoms in total. The van der Waals surface area contributed by atoms with Crippen molar-refractivity contribution >= 4 is 27.7 Å². The lowest BCUT2D eigenvalue weighted by atomic mass is 10.1. The van der Waals surface area contributed by atoms with E-state index in [2.05, 4.69) is 36.4 Å². The molecule has 2 aliphatic rings. The molecule has 0 radical (unpaired) electrons. The lowest BCUT2D eigenvalue weighted by Crippen LogP contribution is -2.42. The van der Waals surface area contributed by atoms with Gasteiger partial charge in [-0.2, -0.15) is 0 Å². The Labute approximate surface area is 127 Å². The summed E-state index contributed by atoms with van der Waals surface area (Å²) in [5.41, 5.74) is 0.596. The highest BCUT2D eigenvalue weighted by molar-refractivity contribution is 9.10. The second kappa shape index (κ2) is 5.69. The lowest BCUT2D eigenvalue weighted by Gasteiger charge is -2.21. The largest absolute Gasteiger partial charge is 0.372 e. The summed E-state index contributed by atoms with van der Waals surface area (Å²) in [7, 11) is 1.78. The van der Waals surface area contributed by atoms with Gasteiger partial charge in [0.1, 0.15) is 5.82 Å². The highest BCUT2D eigenvalue weighted by Crippen LogP contribution is 2.28. The minimum atomic E-state index is -0.0399. The maximum atomic E-state index is 12.5. The van der Waals surface area contributed by atoms with Crippen LogP contribution in [0.5, 0.6) is 0 Å². The SMILES string of the molecule is CNc1ncc(Br)cc1C(=O)NC1CCN2CCCC12. The zero-order valence-corrected chi connectivity index (χ0v) is 13.1. The van der Waals surface area contributed by atoms with Crippen LogP contribution in [0.4, 0.5) is 5.82 Å². The molecule has 2 saturated heterocycles. The Morgan fingerprint density at radius 1 is 1.45 bits per heavy atom. The fourth-order valence-electron chi connectivity index (χ4n) is 3.31. The number of halogens is 1. The smallest absolute Gasteiger partial charge is 0.255 e. The van der Waals surface area contributed by atoms with Gasteiger partial charge in [-0.1, -0.05) is 0 Å². The standard InChI is InChI=1S/C14H19BrN4O/c1-16-13-10(7-9(15)8-17-13)14(20)18-11-4-6-19-5-2-3-12(11)19/h7-8,11-12H,2-6H2,1H3,(H,16,17)(H,18,20). The highest BCUT2D eigenvalue weighted by atomic mass is 79.9. The van der Waals surface area contributed by atoms with Gasteiger partial charge in [-0.25, -0.2) is 4.98 Å². The summed E-state index contributed by atoms with van der Waals surface area (Å²) in [6, 6.07) is 2.61. The molecule has 108 valence electrons. The highest BCUT2D eigenvalue weighted by Gasteiger charge is 2.38. The van der Waals surface area contributed by atoms with E-state index in [4.69, 9.17) is 0 Å². The molecule has 0 aliphatic carbocycles. The number of nitrogens with one attached hydrogen (secondary N) is 2. The number of aromatic nitrogens is 1. The normalized spacial score (nSPS) is 25.5. The van der Waals surface area contributed by atoms with Crippen LogP contribution < -0.4 is 10.6 Å². The zero-order chi connectivity index (χ0) is 14.1. The molecule has 6 heteroatoms. The van der Waals surface area contributed by atoms with Crippen LogP contribution in [0.15, 0.2) is 16.7 Å². The van der Waals surface area contributed by atoms with Crippen LogP contribution in [-0.4, -0.2) is 48.0 Å². The van der Waals surface area contributed by atoms with Crippen LogP contribution in [0.25, 0.3) is 0 Å². The lowest BCUT2D eigenvalue weighted by molar-refractivity contribution is 0.0930. The predicted octanol–water partition coefficient (Wildman–Crippen LogP) is 1.85. The third kappa shape index (κ3) is 2.54. The van der Waals surface area contributed by atoms with Crippen LogP contribution in [0, 0.1) is 0 Å². The van der Waals surface area contributed by atoms with Crippen molar-refractivity contribution in [3.05, 3.63) is 22.3 Å². The molecular formula is C14H19BrN4O. The van der Waals surface area contributed by atoms with Crippen LogP contribution in [0.2, 0.25) is 0 Å². The van der Waals surface area contributed by atoms with Crippen LogP contribution >= 0.6 is 15.9 Å². The number of rotatable bonds is 3. The molecule has 0 spiro atoms. The molecule has 0 bridgehead atoms. The fraction of sp³-hybridized carbons (Fsp3) is 0.571. The molecular weight excluding hydrogens is 320 g/mol. The number of anilines is 1. The Morgan fingerprint density at radius 2 is 2.30 bits per heavy atom. The van der Waals surface area contributed by atoms with E-state index in [0.717, 1.165) is 17.4 Å². The summed E-state index contributed by atoms with van der Waals surface area (Å²) < 4.78 is 0.815. The quantitative estimate of drug-likeness (QED) is 0.883. The van der Waals surface area contributed by atoms with Crippen molar-refractivity contribution in [2.75, 3.05) is 25.5 Å². The second-order valence-electron chi connectivity index (χ2n) is 5.41. The van der Waals surface area contributed by atoms with E-state index < -0.39 is 0 Å².